The van der Waals surface area contributed by atoms with Gasteiger partial charge in [-0.2, -0.15) is 0 Å². The van der Waals surface area contributed by atoms with Crippen molar-refractivity contribution >= 4 is 41.0 Å². The maximum atomic E-state index is 13.0. The van der Waals surface area contributed by atoms with E-state index in [2.05, 4.69) is 5.32 Å². The van der Waals surface area contributed by atoms with E-state index in [1.54, 1.807) is 52.0 Å². The number of carbonyl (C=O) groups excluding carboxylic acids is 5. The molecule has 1 fully saturated rings. The van der Waals surface area contributed by atoms with Crippen LogP contribution < -0.4 is 10.2 Å². The van der Waals surface area contributed by atoms with Gasteiger partial charge in [-0.3, -0.25) is 29.0 Å². The van der Waals surface area contributed by atoms with E-state index < -0.39 is 47.8 Å². The summed E-state index contributed by atoms with van der Waals surface area (Å²) in [4.78, 5) is 64.8. The zero-order valence-corrected chi connectivity index (χ0v) is 15.5. The lowest BCUT2D eigenvalue weighted by Crippen LogP contribution is -2.60. The Hall–Kier alpha value is -3.23. The molecule has 2 aliphatic rings. The highest BCUT2D eigenvalue weighted by atomic mass is 16.2. The van der Waals surface area contributed by atoms with E-state index in [0.29, 0.717) is 16.3 Å². The van der Waals surface area contributed by atoms with Crippen LogP contribution in [0, 0.1) is 0 Å². The average molecular weight is 372 g/mol. The summed E-state index contributed by atoms with van der Waals surface area (Å²) < 4.78 is 0. The molecule has 1 aromatic carbocycles. The lowest BCUT2D eigenvalue weighted by atomic mass is 9.96. The molecule has 6 amide bonds. The second kappa shape index (κ2) is 6.19. The van der Waals surface area contributed by atoms with E-state index in [1.807, 2.05) is 0 Å². The predicted octanol–water partition coefficient (Wildman–Crippen LogP) is 0.949. The van der Waals surface area contributed by atoms with Crippen molar-refractivity contribution in [2.45, 2.75) is 39.3 Å². The van der Waals surface area contributed by atoms with Gasteiger partial charge in [-0.1, -0.05) is 12.1 Å². The van der Waals surface area contributed by atoms with Crippen LogP contribution >= 0.6 is 0 Å². The summed E-state index contributed by atoms with van der Waals surface area (Å²) in [6, 6.07) is 5.40. The van der Waals surface area contributed by atoms with Crippen molar-refractivity contribution in [3.63, 3.8) is 0 Å². The van der Waals surface area contributed by atoms with Gasteiger partial charge >= 0.3 is 17.8 Å². The normalized spacial score (nSPS) is 18.9. The largest absolute Gasteiger partial charge is 0.334 e. The Kier molecular flexibility index (Phi) is 4.25. The second-order valence-electron chi connectivity index (χ2n) is 7.20. The molecule has 9 heteroatoms. The van der Waals surface area contributed by atoms with Crippen molar-refractivity contribution in [3.05, 3.63) is 24.3 Å². The standard InChI is InChI=1S/C18H20N4O5/c1-10(2)21-15(25)14(24)20(17(21)27)9-13(23)22-12-8-6-5-7-11(12)19-16(26)18(22,3)4/h5-8,10H,9H2,1-4H3,(H,19,26). The van der Waals surface area contributed by atoms with Gasteiger partial charge in [0.2, 0.25) is 11.8 Å². The Morgan fingerprint density at radius 1 is 1.07 bits per heavy atom. The van der Waals surface area contributed by atoms with E-state index in [0.717, 1.165) is 4.90 Å². The fourth-order valence-corrected chi connectivity index (χ4v) is 3.22. The maximum Gasteiger partial charge on any atom is 0.334 e. The molecular formula is C18H20N4O5. The lowest BCUT2D eigenvalue weighted by molar-refractivity contribution is -0.144. The molecule has 2 heterocycles. The minimum absolute atomic E-state index is 0.395. The van der Waals surface area contributed by atoms with Crippen LogP contribution in [0.4, 0.5) is 16.2 Å². The van der Waals surface area contributed by atoms with E-state index in [1.165, 1.54) is 4.90 Å². The van der Waals surface area contributed by atoms with Crippen LogP contribution in [-0.4, -0.2) is 57.6 Å². The van der Waals surface area contributed by atoms with Crippen LogP contribution in [0.25, 0.3) is 0 Å². The van der Waals surface area contributed by atoms with Crippen LogP contribution in [0.2, 0.25) is 0 Å². The number of urea groups is 1. The van der Waals surface area contributed by atoms with Gasteiger partial charge in [0.25, 0.3) is 0 Å². The zero-order chi connectivity index (χ0) is 20.1. The minimum Gasteiger partial charge on any atom is -0.322 e. The van der Waals surface area contributed by atoms with Gasteiger partial charge in [0.1, 0.15) is 12.1 Å². The number of carbonyl (C=O) groups is 5. The maximum absolute atomic E-state index is 13.0. The van der Waals surface area contributed by atoms with Gasteiger partial charge in [0.05, 0.1) is 11.4 Å². The van der Waals surface area contributed by atoms with E-state index in [4.69, 9.17) is 0 Å². The highest BCUT2D eigenvalue weighted by molar-refractivity contribution is 6.45. The zero-order valence-electron chi connectivity index (χ0n) is 15.5. The Morgan fingerprint density at radius 3 is 2.30 bits per heavy atom. The smallest absolute Gasteiger partial charge is 0.322 e. The molecule has 0 aliphatic carbocycles. The van der Waals surface area contributed by atoms with Gasteiger partial charge < -0.3 is 5.32 Å². The summed E-state index contributed by atoms with van der Waals surface area (Å²) in [6.45, 7) is 5.70. The molecule has 2 aliphatic heterocycles. The number of amides is 6. The summed E-state index contributed by atoms with van der Waals surface area (Å²) >= 11 is 0. The molecule has 142 valence electrons. The van der Waals surface area contributed by atoms with E-state index in [-0.39, 0.29) is 0 Å². The Morgan fingerprint density at radius 2 is 1.70 bits per heavy atom. The molecule has 1 N–H and O–H groups in total. The first-order valence-electron chi connectivity index (χ1n) is 8.50. The summed E-state index contributed by atoms with van der Waals surface area (Å²) in [6.07, 6.45) is 0. The van der Waals surface area contributed by atoms with Crippen LogP contribution in [0.5, 0.6) is 0 Å². The number of hydrogen-bond acceptors (Lipinski definition) is 5. The third-order valence-corrected chi connectivity index (χ3v) is 4.65. The average Bonchev–Trinajstić information content (AvgIpc) is 2.79. The van der Waals surface area contributed by atoms with E-state index in [9.17, 15) is 24.0 Å². The number of para-hydroxylation sites is 2. The first-order chi connectivity index (χ1) is 12.6. The van der Waals surface area contributed by atoms with Crippen molar-refractivity contribution < 1.29 is 24.0 Å². The highest BCUT2D eigenvalue weighted by Crippen LogP contribution is 2.36. The Bertz CT molecular complexity index is 876. The topological polar surface area (TPSA) is 107 Å². The predicted molar refractivity (Wildman–Crippen MR) is 95.7 cm³/mol. The molecule has 9 nitrogen and oxygen atoms in total. The Balaban J connectivity index is 1.94. The number of benzene rings is 1. The number of rotatable bonds is 3. The minimum atomic E-state index is -1.24. The summed E-state index contributed by atoms with van der Waals surface area (Å²) in [5.74, 6) is -3.04. The third kappa shape index (κ3) is 2.75. The van der Waals surface area contributed by atoms with Gasteiger partial charge in [-0.25, -0.2) is 9.69 Å². The molecule has 0 spiro atoms. The molecule has 0 atom stereocenters. The number of anilines is 2. The van der Waals surface area contributed by atoms with Crippen LogP contribution in [0.1, 0.15) is 27.7 Å². The Labute approximate surface area is 155 Å². The fourth-order valence-electron chi connectivity index (χ4n) is 3.22. The summed E-state index contributed by atoms with van der Waals surface area (Å²) in [5.41, 5.74) is -0.328. The number of nitrogens with zero attached hydrogens (tertiary/aromatic N) is 3. The molecule has 1 saturated heterocycles. The van der Waals surface area contributed by atoms with Gasteiger partial charge in [-0.15, -0.1) is 0 Å². The molecule has 0 aromatic heterocycles. The summed E-state index contributed by atoms with van der Waals surface area (Å²) in [5, 5.41) is 2.73. The third-order valence-electron chi connectivity index (χ3n) is 4.65. The first-order valence-corrected chi connectivity index (χ1v) is 8.50. The number of fused-ring (bicyclic) bond motifs is 1. The van der Waals surface area contributed by atoms with Crippen molar-refractivity contribution in [3.8, 4) is 0 Å². The van der Waals surface area contributed by atoms with Gasteiger partial charge in [0.15, 0.2) is 0 Å². The molecular weight excluding hydrogens is 352 g/mol. The lowest BCUT2D eigenvalue weighted by Gasteiger charge is -2.42. The molecule has 3 rings (SSSR count). The number of hydrogen-bond donors (Lipinski definition) is 1. The van der Waals surface area contributed by atoms with Crippen molar-refractivity contribution in [1.29, 1.82) is 0 Å². The van der Waals surface area contributed by atoms with Crippen molar-refractivity contribution in [1.82, 2.24) is 9.80 Å². The number of nitrogens with one attached hydrogen (secondary N) is 1. The van der Waals surface area contributed by atoms with Crippen LogP contribution in [0.3, 0.4) is 0 Å². The molecule has 0 bridgehead atoms. The molecule has 27 heavy (non-hydrogen) atoms. The molecule has 0 saturated carbocycles. The SMILES string of the molecule is CC(C)N1C(=O)C(=O)N(CC(=O)N2c3ccccc3NC(=O)C2(C)C)C1=O. The monoisotopic (exact) mass is 372 g/mol. The van der Waals surface area contributed by atoms with Crippen molar-refractivity contribution in [2.75, 3.05) is 16.8 Å². The number of imide groups is 2. The highest BCUT2D eigenvalue weighted by Gasteiger charge is 2.49. The van der Waals surface area contributed by atoms with Gasteiger partial charge in [0, 0.05) is 6.04 Å². The second-order valence-corrected chi connectivity index (χ2v) is 7.20. The van der Waals surface area contributed by atoms with Crippen molar-refractivity contribution in [2.24, 2.45) is 0 Å². The molecule has 0 radical (unpaired) electrons. The van der Waals surface area contributed by atoms with Crippen LogP contribution in [-0.2, 0) is 19.2 Å². The molecule has 1 aromatic rings. The van der Waals surface area contributed by atoms with Gasteiger partial charge in [-0.05, 0) is 39.8 Å². The molecule has 0 unspecified atom stereocenters. The quantitative estimate of drug-likeness (QED) is 0.628. The van der Waals surface area contributed by atoms with E-state index >= 15 is 0 Å². The van der Waals surface area contributed by atoms with Crippen LogP contribution in [0.15, 0.2) is 24.3 Å². The summed E-state index contributed by atoms with van der Waals surface area (Å²) in [7, 11) is 0. The fraction of sp³-hybridized carbons (Fsp3) is 0.389. The first kappa shape index (κ1) is 18.6.